The first-order valence-electron chi connectivity index (χ1n) is 6.21. The molecule has 17 heavy (non-hydrogen) atoms. The summed E-state index contributed by atoms with van der Waals surface area (Å²) < 4.78 is 2.19. The number of rotatable bonds is 1. The number of anilines is 1. The summed E-state index contributed by atoms with van der Waals surface area (Å²) in [7, 11) is 0. The molecule has 90 valence electrons. The van der Waals surface area contributed by atoms with Gasteiger partial charge in [-0.25, -0.2) is 4.98 Å². The maximum Gasteiger partial charge on any atom is 0.201 e. The van der Waals surface area contributed by atoms with Gasteiger partial charge in [0.1, 0.15) is 0 Å². The highest BCUT2D eigenvalue weighted by molar-refractivity contribution is 5.81. The molecule has 0 aliphatic carbocycles. The fourth-order valence-corrected chi connectivity index (χ4v) is 2.71. The average molecular weight is 230 g/mol. The first-order chi connectivity index (χ1) is 8.27. The van der Waals surface area contributed by atoms with Crippen molar-refractivity contribution in [3.05, 3.63) is 23.8 Å². The molecule has 0 amide bonds. The molecule has 1 aromatic carbocycles. The third-order valence-electron chi connectivity index (χ3n) is 3.59. The predicted octanol–water partition coefficient (Wildman–Crippen LogP) is 1.85. The third kappa shape index (κ3) is 1.69. The third-order valence-corrected chi connectivity index (χ3v) is 3.59. The molecular formula is C13H18N4. The molecule has 1 aromatic heterocycles. The van der Waals surface area contributed by atoms with E-state index in [0.717, 1.165) is 24.1 Å². The molecule has 1 fully saturated rings. The number of nitrogens with one attached hydrogen (secondary N) is 1. The van der Waals surface area contributed by atoms with Crippen molar-refractivity contribution in [3.8, 4) is 0 Å². The average Bonchev–Trinajstić information content (AvgIpc) is 2.68. The number of piperidine rings is 1. The Hall–Kier alpha value is -1.55. The summed E-state index contributed by atoms with van der Waals surface area (Å²) in [5, 5.41) is 3.43. The Labute approximate surface area is 101 Å². The number of aryl methyl sites for hydroxylation is 1. The Balaban J connectivity index is 2.14. The Morgan fingerprint density at radius 2 is 2.35 bits per heavy atom. The van der Waals surface area contributed by atoms with Crippen LogP contribution in [0.3, 0.4) is 0 Å². The molecule has 0 radical (unpaired) electrons. The summed E-state index contributed by atoms with van der Waals surface area (Å²) in [6.07, 6.45) is 2.38. The van der Waals surface area contributed by atoms with Gasteiger partial charge in [-0.3, -0.25) is 0 Å². The number of benzene rings is 1. The van der Waals surface area contributed by atoms with Crippen molar-refractivity contribution in [2.45, 2.75) is 25.8 Å². The Bertz CT molecular complexity index is 538. The SMILES string of the molecule is Cc1cccc2c1nc(N)n2C1CCCNC1. The molecule has 2 heterocycles. The van der Waals surface area contributed by atoms with Crippen LogP contribution in [0.5, 0.6) is 0 Å². The molecule has 0 bridgehead atoms. The minimum absolute atomic E-state index is 0.440. The Morgan fingerprint density at radius 1 is 1.47 bits per heavy atom. The van der Waals surface area contributed by atoms with Crippen LogP contribution < -0.4 is 11.1 Å². The summed E-state index contributed by atoms with van der Waals surface area (Å²) in [5.41, 5.74) is 9.47. The number of nitrogens with zero attached hydrogens (tertiary/aromatic N) is 2. The monoisotopic (exact) mass is 230 g/mol. The normalized spacial score (nSPS) is 20.9. The maximum absolute atomic E-state index is 6.08. The Morgan fingerprint density at radius 3 is 3.12 bits per heavy atom. The fourth-order valence-electron chi connectivity index (χ4n) is 2.71. The van der Waals surface area contributed by atoms with Crippen molar-refractivity contribution in [3.63, 3.8) is 0 Å². The molecule has 1 aliphatic rings. The second-order valence-corrected chi connectivity index (χ2v) is 4.78. The molecule has 3 N–H and O–H groups in total. The van der Waals surface area contributed by atoms with Gasteiger partial charge in [0, 0.05) is 12.6 Å². The second-order valence-electron chi connectivity index (χ2n) is 4.78. The van der Waals surface area contributed by atoms with E-state index in [-0.39, 0.29) is 0 Å². The number of para-hydroxylation sites is 1. The molecule has 3 rings (SSSR count). The first kappa shape index (κ1) is 10.6. The first-order valence-corrected chi connectivity index (χ1v) is 6.21. The van der Waals surface area contributed by atoms with Crippen LogP contribution in [0.4, 0.5) is 5.95 Å². The lowest BCUT2D eigenvalue weighted by molar-refractivity contribution is 0.381. The summed E-state index contributed by atoms with van der Waals surface area (Å²) >= 11 is 0. The summed E-state index contributed by atoms with van der Waals surface area (Å²) in [4.78, 5) is 4.50. The molecular weight excluding hydrogens is 212 g/mol. The molecule has 1 aliphatic heterocycles. The van der Waals surface area contributed by atoms with Crippen molar-refractivity contribution < 1.29 is 0 Å². The van der Waals surface area contributed by atoms with E-state index in [9.17, 15) is 0 Å². The standard InChI is InChI=1S/C13H18N4/c1-9-4-2-6-11-12(9)16-13(14)17(11)10-5-3-7-15-8-10/h2,4,6,10,15H,3,5,7-8H2,1H3,(H2,14,16). The number of imidazole rings is 1. The van der Waals surface area contributed by atoms with E-state index in [2.05, 4.69) is 40.0 Å². The van der Waals surface area contributed by atoms with Crippen molar-refractivity contribution in [2.24, 2.45) is 0 Å². The van der Waals surface area contributed by atoms with Gasteiger partial charge in [0.15, 0.2) is 0 Å². The van der Waals surface area contributed by atoms with Gasteiger partial charge in [0.25, 0.3) is 0 Å². The van der Waals surface area contributed by atoms with E-state index < -0.39 is 0 Å². The molecule has 0 spiro atoms. The molecule has 1 atom stereocenters. The second kappa shape index (κ2) is 4.04. The van der Waals surface area contributed by atoms with Gasteiger partial charge in [-0.05, 0) is 37.9 Å². The van der Waals surface area contributed by atoms with Gasteiger partial charge < -0.3 is 15.6 Å². The van der Waals surface area contributed by atoms with Crippen LogP contribution in [-0.4, -0.2) is 22.6 Å². The van der Waals surface area contributed by atoms with Crippen molar-refractivity contribution >= 4 is 17.0 Å². The van der Waals surface area contributed by atoms with Crippen LogP contribution in [-0.2, 0) is 0 Å². The van der Waals surface area contributed by atoms with Gasteiger partial charge in [-0.2, -0.15) is 0 Å². The maximum atomic E-state index is 6.08. The van der Waals surface area contributed by atoms with Gasteiger partial charge >= 0.3 is 0 Å². The van der Waals surface area contributed by atoms with E-state index in [0.29, 0.717) is 12.0 Å². The van der Waals surface area contributed by atoms with Crippen molar-refractivity contribution in [1.82, 2.24) is 14.9 Å². The van der Waals surface area contributed by atoms with Crippen LogP contribution in [0.25, 0.3) is 11.0 Å². The van der Waals surface area contributed by atoms with Crippen LogP contribution >= 0.6 is 0 Å². The molecule has 4 heteroatoms. The van der Waals surface area contributed by atoms with Gasteiger partial charge in [0.05, 0.1) is 11.0 Å². The minimum atomic E-state index is 0.440. The highest BCUT2D eigenvalue weighted by atomic mass is 15.2. The quantitative estimate of drug-likeness (QED) is 0.786. The van der Waals surface area contributed by atoms with E-state index >= 15 is 0 Å². The van der Waals surface area contributed by atoms with Crippen LogP contribution in [0.2, 0.25) is 0 Å². The van der Waals surface area contributed by atoms with Gasteiger partial charge in [-0.15, -0.1) is 0 Å². The number of hydrogen-bond acceptors (Lipinski definition) is 3. The lowest BCUT2D eigenvalue weighted by atomic mass is 10.1. The van der Waals surface area contributed by atoms with Crippen molar-refractivity contribution in [1.29, 1.82) is 0 Å². The number of aromatic nitrogens is 2. The van der Waals surface area contributed by atoms with E-state index in [1.165, 1.54) is 18.4 Å². The van der Waals surface area contributed by atoms with Gasteiger partial charge in [0.2, 0.25) is 5.95 Å². The highest BCUT2D eigenvalue weighted by Crippen LogP contribution is 2.28. The molecule has 1 unspecified atom stereocenters. The number of nitrogen functional groups attached to an aromatic ring is 1. The summed E-state index contributed by atoms with van der Waals surface area (Å²) in [6, 6.07) is 6.71. The van der Waals surface area contributed by atoms with Crippen molar-refractivity contribution in [2.75, 3.05) is 18.8 Å². The number of nitrogens with two attached hydrogens (primary N) is 1. The van der Waals surface area contributed by atoms with E-state index in [1.54, 1.807) is 0 Å². The lowest BCUT2D eigenvalue weighted by Crippen LogP contribution is -2.32. The van der Waals surface area contributed by atoms with Crippen LogP contribution in [0, 0.1) is 6.92 Å². The molecule has 4 nitrogen and oxygen atoms in total. The zero-order chi connectivity index (χ0) is 11.8. The lowest BCUT2D eigenvalue weighted by Gasteiger charge is -2.25. The number of fused-ring (bicyclic) bond motifs is 1. The Kier molecular flexibility index (Phi) is 2.52. The highest BCUT2D eigenvalue weighted by Gasteiger charge is 2.20. The summed E-state index contributed by atoms with van der Waals surface area (Å²) in [6.45, 7) is 4.18. The largest absolute Gasteiger partial charge is 0.369 e. The smallest absolute Gasteiger partial charge is 0.201 e. The van der Waals surface area contributed by atoms with Crippen LogP contribution in [0.15, 0.2) is 18.2 Å². The zero-order valence-corrected chi connectivity index (χ0v) is 10.1. The predicted molar refractivity (Wildman–Crippen MR) is 70.0 cm³/mol. The number of hydrogen-bond donors (Lipinski definition) is 2. The summed E-state index contributed by atoms with van der Waals surface area (Å²) in [5.74, 6) is 0.642. The zero-order valence-electron chi connectivity index (χ0n) is 10.1. The fraction of sp³-hybridized carbons (Fsp3) is 0.462. The topological polar surface area (TPSA) is 55.9 Å². The molecule has 1 saturated heterocycles. The van der Waals surface area contributed by atoms with Crippen LogP contribution in [0.1, 0.15) is 24.4 Å². The minimum Gasteiger partial charge on any atom is -0.369 e. The van der Waals surface area contributed by atoms with Gasteiger partial charge in [-0.1, -0.05) is 12.1 Å². The molecule has 0 saturated carbocycles. The molecule has 2 aromatic rings. The van der Waals surface area contributed by atoms with E-state index in [4.69, 9.17) is 5.73 Å². The van der Waals surface area contributed by atoms with E-state index in [1.807, 2.05) is 0 Å².